The summed E-state index contributed by atoms with van der Waals surface area (Å²) in [6, 6.07) is 16.6. The first kappa shape index (κ1) is 22.5. The van der Waals surface area contributed by atoms with Crippen LogP contribution >= 0.6 is 0 Å². The summed E-state index contributed by atoms with van der Waals surface area (Å²) in [5.41, 5.74) is 3.48. The topological polar surface area (TPSA) is 97.0 Å². The van der Waals surface area contributed by atoms with Gasteiger partial charge >= 0.3 is 6.03 Å². The Balaban J connectivity index is 1.52. The van der Waals surface area contributed by atoms with E-state index in [2.05, 4.69) is 10.6 Å². The van der Waals surface area contributed by atoms with E-state index in [-0.39, 0.29) is 4.90 Å². The molecule has 0 unspecified atom stereocenters. The summed E-state index contributed by atoms with van der Waals surface area (Å²) in [5, 5.41) is 5.50. The van der Waals surface area contributed by atoms with Crippen LogP contribution in [0.2, 0.25) is 0 Å². The minimum absolute atomic E-state index is 0.241. The molecule has 0 bridgehead atoms. The number of anilines is 3. The molecule has 3 aromatic carbocycles. The number of rotatable bonds is 6. The van der Waals surface area contributed by atoms with E-state index >= 15 is 0 Å². The zero-order valence-electron chi connectivity index (χ0n) is 18.6. The Morgan fingerprint density at radius 1 is 0.879 bits per heavy atom. The first-order valence-corrected chi connectivity index (χ1v) is 11.8. The standard InChI is InChI=1S/C24H25N3O5S/c1-16-4-9-20(10-5-16)33(29,30)27-13-12-17-6-7-18(14-21(17)27)25-24(28)26-19-8-11-22(31-2)23(15-19)32-3/h4-11,14-15H,12-13H2,1-3H3,(H2,25,26,28). The SMILES string of the molecule is COc1ccc(NC(=O)Nc2ccc3c(c2)N(S(=O)(=O)c2ccc(C)cc2)CC3)cc1OC. The molecule has 0 radical (unpaired) electrons. The van der Waals surface area contributed by atoms with Gasteiger partial charge in [0.1, 0.15) is 0 Å². The van der Waals surface area contributed by atoms with Crippen molar-refractivity contribution in [3.8, 4) is 11.5 Å². The Morgan fingerprint density at radius 2 is 1.52 bits per heavy atom. The van der Waals surface area contributed by atoms with Crippen molar-refractivity contribution in [1.82, 2.24) is 0 Å². The van der Waals surface area contributed by atoms with Gasteiger partial charge < -0.3 is 20.1 Å². The number of methoxy groups -OCH3 is 2. The fraction of sp³-hybridized carbons (Fsp3) is 0.208. The minimum atomic E-state index is -3.70. The fourth-order valence-electron chi connectivity index (χ4n) is 3.72. The van der Waals surface area contributed by atoms with Crippen molar-refractivity contribution in [3.63, 3.8) is 0 Å². The third-order valence-corrected chi connectivity index (χ3v) is 7.27. The molecule has 33 heavy (non-hydrogen) atoms. The number of carbonyl (C=O) groups is 1. The normalized spacial score (nSPS) is 12.8. The zero-order valence-corrected chi connectivity index (χ0v) is 19.4. The second kappa shape index (κ2) is 9.03. The van der Waals surface area contributed by atoms with Crippen LogP contribution in [0.1, 0.15) is 11.1 Å². The zero-order chi connectivity index (χ0) is 23.6. The van der Waals surface area contributed by atoms with Gasteiger partial charge in [0.2, 0.25) is 0 Å². The molecule has 1 aliphatic heterocycles. The van der Waals surface area contributed by atoms with Crippen molar-refractivity contribution in [3.05, 3.63) is 71.8 Å². The number of carbonyl (C=O) groups excluding carboxylic acids is 1. The Hall–Kier alpha value is -3.72. The van der Waals surface area contributed by atoms with Crippen LogP contribution in [0.15, 0.2) is 65.6 Å². The van der Waals surface area contributed by atoms with Crippen LogP contribution in [0.25, 0.3) is 0 Å². The van der Waals surface area contributed by atoms with E-state index in [1.807, 2.05) is 13.0 Å². The molecule has 3 aromatic rings. The summed E-state index contributed by atoms with van der Waals surface area (Å²) in [5.74, 6) is 1.04. The van der Waals surface area contributed by atoms with Gasteiger partial charge in [-0.1, -0.05) is 23.8 Å². The molecule has 0 saturated carbocycles. The molecule has 1 aliphatic rings. The van der Waals surface area contributed by atoms with Gasteiger partial charge in [-0.15, -0.1) is 0 Å². The van der Waals surface area contributed by atoms with Gasteiger partial charge in [-0.3, -0.25) is 4.31 Å². The van der Waals surface area contributed by atoms with Crippen molar-refractivity contribution in [2.24, 2.45) is 0 Å². The van der Waals surface area contributed by atoms with Crippen LogP contribution < -0.4 is 24.4 Å². The Kier molecular flexibility index (Phi) is 6.15. The molecule has 8 nitrogen and oxygen atoms in total. The van der Waals surface area contributed by atoms with Gasteiger partial charge in [0, 0.05) is 24.0 Å². The number of urea groups is 1. The monoisotopic (exact) mass is 467 g/mol. The number of fused-ring (bicyclic) bond motifs is 1. The highest BCUT2D eigenvalue weighted by Crippen LogP contribution is 2.35. The molecule has 172 valence electrons. The average Bonchev–Trinajstić information content (AvgIpc) is 3.23. The molecular weight excluding hydrogens is 442 g/mol. The maximum absolute atomic E-state index is 13.2. The van der Waals surface area contributed by atoms with Gasteiger partial charge in [-0.2, -0.15) is 0 Å². The summed E-state index contributed by atoms with van der Waals surface area (Å²) in [6.45, 7) is 2.26. The predicted molar refractivity (Wildman–Crippen MR) is 128 cm³/mol. The molecule has 0 aromatic heterocycles. The summed E-state index contributed by atoms with van der Waals surface area (Å²) in [6.07, 6.45) is 0.610. The molecule has 9 heteroatoms. The largest absolute Gasteiger partial charge is 0.493 e. The predicted octanol–water partition coefficient (Wildman–Crippen LogP) is 4.41. The smallest absolute Gasteiger partial charge is 0.323 e. The second-order valence-electron chi connectivity index (χ2n) is 7.63. The van der Waals surface area contributed by atoms with Crippen LogP contribution in [0.5, 0.6) is 11.5 Å². The number of sulfonamides is 1. The van der Waals surface area contributed by atoms with Crippen molar-refractivity contribution >= 4 is 33.1 Å². The second-order valence-corrected chi connectivity index (χ2v) is 9.49. The molecule has 4 rings (SSSR count). The lowest BCUT2D eigenvalue weighted by molar-refractivity contribution is 0.262. The molecule has 0 saturated heterocycles. The molecule has 2 N–H and O–H groups in total. The summed E-state index contributed by atoms with van der Waals surface area (Å²) < 4.78 is 38.3. The molecule has 0 fully saturated rings. The Morgan fingerprint density at radius 3 is 2.18 bits per heavy atom. The molecule has 0 aliphatic carbocycles. The average molecular weight is 468 g/mol. The molecular formula is C24H25N3O5S. The van der Waals surface area contributed by atoms with E-state index in [9.17, 15) is 13.2 Å². The number of hydrogen-bond acceptors (Lipinski definition) is 5. The molecule has 1 heterocycles. The van der Waals surface area contributed by atoms with Gasteiger partial charge in [0.15, 0.2) is 11.5 Å². The minimum Gasteiger partial charge on any atom is -0.493 e. The highest BCUT2D eigenvalue weighted by Gasteiger charge is 2.31. The van der Waals surface area contributed by atoms with Crippen LogP contribution in [0.4, 0.5) is 21.9 Å². The summed E-state index contributed by atoms with van der Waals surface area (Å²) in [4.78, 5) is 12.8. The lowest BCUT2D eigenvalue weighted by atomic mass is 10.1. The van der Waals surface area contributed by atoms with Crippen LogP contribution in [-0.4, -0.2) is 35.2 Å². The first-order chi connectivity index (χ1) is 15.8. The Bertz CT molecular complexity index is 1290. The molecule has 0 spiro atoms. The van der Waals surface area contributed by atoms with Crippen LogP contribution in [-0.2, 0) is 16.4 Å². The van der Waals surface area contributed by atoms with E-state index in [4.69, 9.17) is 9.47 Å². The maximum atomic E-state index is 13.2. The van der Waals surface area contributed by atoms with Crippen molar-refractivity contribution in [2.75, 3.05) is 35.7 Å². The highest BCUT2D eigenvalue weighted by molar-refractivity contribution is 7.92. The number of aryl methyl sites for hydroxylation is 1. The van der Waals surface area contributed by atoms with Crippen molar-refractivity contribution < 1.29 is 22.7 Å². The number of nitrogens with one attached hydrogen (secondary N) is 2. The summed E-state index contributed by atoms with van der Waals surface area (Å²) in [7, 11) is -0.646. The number of benzene rings is 3. The van der Waals surface area contributed by atoms with E-state index in [1.165, 1.54) is 18.5 Å². The lowest BCUT2D eigenvalue weighted by Gasteiger charge is -2.20. The third-order valence-electron chi connectivity index (χ3n) is 5.45. The van der Waals surface area contributed by atoms with Crippen LogP contribution in [0, 0.1) is 6.92 Å². The third kappa shape index (κ3) is 4.58. The van der Waals surface area contributed by atoms with E-state index in [0.29, 0.717) is 41.5 Å². The maximum Gasteiger partial charge on any atom is 0.323 e. The van der Waals surface area contributed by atoms with Gasteiger partial charge in [-0.25, -0.2) is 13.2 Å². The highest BCUT2D eigenvalue weighted by atomic mass is 32.2. The number of nitrogens with zero attached hydrogens (tertiary/aromatic N) is 1. The molecule has 0 atom stereocenters. The van der Waals surface area contributed by atoms with E-state index < -0.39 is 16.1 Å². The number of hydrogen-bond donors (Lipinski definition) is 2. The molecule has 2 amide bonds. The van der Waals surface area contributed by atoms with Gasteiger partial charge in [0.05, 0.1) is 24.8 Å². The van der Waals surface area contributed by atoms with Gasteiger partial charge in [-0.05, 0) is 55.3 Å². The summed E-state index contributed by atoms with van der Waals surface area (Å²) >= 11 is 0. The van der Waals surface area contributed by atoms with E-state index in [0.717, 1.165) is 11.1 Å². The number of ether oxygens (including phenoxy) is 2. The van der Waals surface area contributed by atoms with Crippen molar-refractivity contribution in [1.29, 1.82) is 0 Å². The van der Waals surface area contributed by atoms with E-state index in [1.54, 1.807) is 54.6 Å². The quantitative estimate of drug-likeness (QED) is 0.560. The Labute approximate surface area is 193 Å². The number of amides is 2. The lowest BCUT2D eigenvalue weighted by Crippen LogP contribution is -2.29. The first-order valence-electron chi connectivity index (χ1n) is 10.3. The van der Waals surface area contributed by atoms with Crippen molar-refractivity contribution in [2.45, 2.75) is 18.2 Å². The van der Waals surface area contributed by atoms with Crippen LogP contribution in [0.3, 0.4) is 0 Å². The van der Waals surface area contributed by atoms with Gasteiger partial charge in [0.25, 0.3) is 10.0 Å². The fourth-order valence-corrected chi connectivity index (χ4v) is 5.22.